The second-order valence-electron chi connectivity index (χ2n) is 5.34. The van der Waals surface area contributed by atoms with E-state index in [0.29, 0.717) is 22.6 Å². The van der Waals surface area contributed by atoms with E-state index in [4.69, 9.17) is 11.6 Å². The van der Waals surface area contributed by atoms with Crippen molar-refractivity contribution in [1.29, 1.82) is 0 Å². The number of hydrogen-bond acceptors (Lipinski definition) is 2. The average molecular weight is 270 g/mol. The summed E-state index contributed by atoms with van der Waals surface area (Å²) in [4.78, 5) is 14.3. The van der Waals surface area contributed by atoms with Gasteiger partial charge in [-0.2, -0.15) is 5.10 Å². The molecule has 0 radical (unpaired) electrons. The molecule has 1 aliphatic heterocycles. The highest BCUT2D eigenvalue weighted by atomic mass is 35.5. The Hall–Kier alpha value is -1.03. The van der Waals surface area contributed by atoms with Crippen molar-refractivity contribution in [2.24, 2.45) is 11.8 Å². The lowest BCUT2D eigenvalue weighted by Crippen LogP contribution is -2.42. The van der Waals surface area contributed by atoms with Gasteiger partial charge in [0.05, 0.1) is 5.02 Å². The Bertz CT molecular complexity index is 433. The molecule has 2 heterocycles. The Balaban J connectivity index is 2.17. The normalized spacial score (nSPS) is 24.3. The Morgan fingerprint density at radius 2 is 2.06 bits per heavy atom. The first-order valence-corrected chi connectivity index (χ1v) is 6.91. The van der Waals surface area contributed by atoms with Crippen LogP contribution in [-0.4, -0.2) is 33.7 Å². The number of rotatable bonds is 2. The van der Waals surface area contributed by atoms with Crippen molar-refractivity contribution in [1.82, 2.24) is 14.7 Å². The highest BCUT2D eigenvalue weighted by Gasteiger charge is 2.28. The van der Waals surface area contributed by atoms with E-state index in [9.17, 15) is 4.79 Å². The minimum Gasteiger partial charge on any atom is -0.337 e. The summed E-state index contributed by atoms with van der Waals surface area (Å²) in [7, 11) is 0. The zero-order valence-corrected chi connectivity index (χ0v) is 11.9. The Labute approximate surface area is 113 Å². The van der Waals surface area contributed by atoms with Gasteiger partial charge < -0.3 is 4.90 Å². The fourth-order valence-electron chi connectivity index (χ4n) is 2.68. The SMILES string of the molecule is CCn1cc(Cl)c(C(=O)N2C[C@H](C)C[C@H](C)C2)n1. The third kappa shape index (κ3) is 2.69. The van der Waals surface area contributed by atoms with Crippen molar-refractivity contribution in [3.63, 3.8) is 0 Å². The smallest absolute Gasteiger partial charge is 0.275 e. The van der Waals surface area contributed by atoms with Gasteiger partial charge in [0.2, 0.25) is 0 Å². The highest BCUT2D eigenvalue weighted by Crippen LogP contribution is 2.24. The van der Waals surface area contributed by atoms with Crippen molar-refractivity contribution < 1.29 is 4.79 Å². The minimum absolute atomic E-state index is 0.0365. The Morgan fingerprint density at radius 3 is 2.56 bits per heavy atom. The topological polar surface area (TPSA) is 38.1 Å². The molecule has 0 spiro atoms. The molecule has 5 heteroatoms. The van der Waals surface area contributed by atoms with Crippen LogP contribution in [0.15, 0.2) is 6.20 Å². The minimum atomic E-state index is -0.0365. The van der Waals surface area contributed by atoms with Crippen molar-refractivity contribution in [2.45, 2.75) is 33.7 Å². The van der Waals surface area contributed by atoms with E-state index in [1.807, 2.05) is 11.8 Å². The number of amides is 1. The number of nitrogens with zero attached hydrogens (tertiary/aromatic N) is 3. The molecule has 1 aliphatic rings. The maximum Gasteiger partial charge on any atom is 0.275 e. The van der Waals surface area contributed by atoms with Gasteiger partial charge in [-0.25, -0.2) is 0 Å². The Morgan fingerprint density at radius 1 is 1.44 bits per heavy atom. The van der Waals surface area contributed by atoms with Crippen LogP contribution in [-0.2, 0) is 6.54 Å². The first-order chi connectivity index (χ1) is 8.51. The quantitative estimate of drug-likeness (QED) is 0.828. The van der Waals surface area contributed by atoms with Crippen LogP contribution in [0.1, 0.15) is 37.7 Å². The summed E-state index contributed by atoms with van der Waals surface area (Å²) in [5.74, 6) is 1.06. The highest BCUT2D eigenvalue weighted by molar-refractivity contribution is 6.33. The number of piperidine rings is 1. The second-order valence-corrected chi connectivity index (χ2v) is 5.74. The zero-order chi connectivity index (χ0) is 13.3. The summed E-state index contributed by atoms with van der Waals surface area (Å²) < 4.78 is 1.70. The first-order valence-electron chi connectivity index (χ1n) is 6.53. The van der Waals surface area contributed by atoms with Crippen molar-refractivity contribution >= 4 is 17.5 Å². The fraction of sp³-hybridized carbons (Fsp3) is 0.692. The molecule has 2 rings (SSSR count). The molecule has 2 atom stereocenters. The first kappa shape index (κ1) is 13.4. The zero-order valence-electron chi connectivity index (χ0n) is 11.2. The van der Waals surface area contributed by atoms with E-state index in [0.717, 1.165) is 19.6 Å². The van der Waals surface area contributed by atoms with Gasteiger partial charge in [-0.3, -0.25) is 9.48 Å². The van der Waals surface area contributed by atoms with E-state index in [1.54, 1.807) is 10.9 Å². The van der Waals surface area contributed by atoms with Gasteiger partial charge in [0.25, 0.3) is 5.91 Å². The van der Waals surface area contributed by atoms with Crippen molar-refractivity contribution in [3.8, 4) is 0 Å². The molecule has 1 amide bonds. The Kier molecular flexibility index (Phi) is 3.95. The standard InChI is InChI=1S/C13H20ClN3O/c1-4-17-8-11(14)12(15-17)13(18)16-6-9(2)5-10(3)7-16/h8-10H,4-7H2,1-3H3/t9-,10+. The lowest BCUT2D eigenvalue weighted by molar-refractivity contribution is 0.0616. The molecular weight excluding hydrogens is 250 g/mol. The number of carbonyl (C=O) groups is 1. The third-order valence-corrected chi connectivity index (χ3v) is 3.68. The molecule has 0 bridgehead atoms. The van der Waals surface area contributed by atoms with E-state index in [2.05, 4.69) is 18.9 Å². The summed E-state index contributed by atoms with van der Waals surface area (Å²) >= 11 is 6.08. The van der Waals surface area contributed by atoms with E-state index in [1.165, 1.54) is 6.42 Å². The lowest BCUT2D eigenvalue weighted by Gasteiger charge is -2.34. The van der Waals surface area contributed by atoms with Gasteiger partial charge in [-0.15, -0.1) is 0 Å². The van der Waals surface area contributed by atoms with Crippen molar-refractivity contribution in [3.05, 3.63) is 16.9 Å². The predicted octanol–water partition coefficient (Wildman–Crippen LogP) is 2.67. The van der Waals surface area contributed by atoms with Crippen LogP contribution in [0.5, 0.6) is 0 Å². The summed E-state index contributed by atoms with van der Waals surface area (Å²) in [5, 5.41) is 4.70. The number of halogens is 1. The van der Waals surface area contributed by atoms with Crippen LogP contribution in [0.2, 0.25) is 5.02 Å². The van der Waals surface area contributed by atoms with Gasteiger partial charge in [0.1, 0.15) is 0 Å². The predicted molar refractivity (Wildman–Crippen MR) is 71.8 cm³/mol. The summed E-state index contributed by atoms with van der Waals surface area (Å²) in [6.45, 7) is 8.67. The maximum atomic E-state index is 12.4. The molecule has 0 aliphatic carbocycles. The molecule has 18 heavy (non-hydrogen) atoms. The summed E-state index contributed by atoms with van der Waals surface area (Å²) in [5.41, 5.74) is 0.389. The molecule has 0 unspecified atom stereocenters. The molecule has 100 valence electrons. The lowest BCUT2D eigenvalue weighted by atomic mass is 9.92. The van der Waals surface area contributed by atoms with Gasteiger partial charge in [0, 0.05) is 25.8 Å². The van der Waals surface area contributed by atoms with Crippen LogP contribution in [0, 0.1) is 11.8 Å². The molecule has 0 aromatic carbocycles. The maximum absolute atomic E-state index is 12.4. The number of hydrogen-bond donors (Lipinski definition) is 0. The van der Waals surface area contributed by atoms with Crippen LogP contribution in [0.25, 0.3) is 0 Å². The molecule has 1 aromatic heterocycles. The molecular formula is C13H20ClN3O. The summed E-state index contributed by atoms with van der Waals surface area (Å²) in [6.07, 6.45) is 2.90. The van der Waals surface area contributed by atoms with E-state index in [-0.39, 0.29) is 5.91 Å². The van der Waals surface area contributed by atoms with Gasteiger partial charge in [0.15, 0.2) is 5.69 Å². The number of likely N-dealkylation sites (tertiary alicyclic amines) is 1. The molecule has 1 aromatic rings. The second kappa shape index (κ2) is 5.31. The molecule has 0 N–H and O–H groups in total. The largest absolute Gasteiger partial charge is 0.337 e. The monoisotopic (exact) mass is 269 g/mol. The van der Waals surface area contributed by atoms with Gasteiger partial charge in [-0.05, 0) is 25.2 Å². The molecule has 0 saturated carbocycles. The van der Waals surface area contributed by atoms with Crippen molar-refractivity contribution in [2.75, 3.05) is 13.1 Å². The number of aromatic nitrogens is 2. The molecule has 1 saturated heterocycles. The fourth-order valence-corrected chi connectivity index (χ4v) is 2.91. The van der Waals surface area contributed by atoms with Crippen LogP contribution in [0.4, 0.5) is 0 Å². The van der Waals surface area contributed by atoms with Crippen LogP contribution in [0.3, 0.4) is 0 Å². The van der Waals surface area contributed by atoms with Crippen LogP contribution < -0.4 is 0 Å². The average Bonchev–Trinajstić information content (AvgIpc) is 2.68. The molecule has 1 fully saturated rings. The van der Waals surface area contributed by atoms with Gasteiger partial charge in [-0.1, -0.05) is 25.4 Å². The summed E-state index contributed by atoms with van der Waals surface area (Å²) in [6, 6.07) is 0. The van der Waals surface area contributed by atoms with E-state index >= 15 is 0 Å². The van der Waals surface area contributed by atoms with Crippen LogP contribution >= 0.6 is 11.6 Å². The van der Waals surface area contributed by atoms with Gasteiger partial charge >= 0.3 is 0 Å². The number of carbonyl (C=O) groups excluding carboxylic acids is 1. The third-order valence-electron chi connectivity index (χ3n) is 3.40. The molecule has 4 nitrogen and oxygen atoms in total. The van der Waals surface area contributed by atoms with E-state index < -0.39 is 0 Å². The number of aryl methyl sites for hydroxylation is 1.